The topological polar surface area (TPSA) is 124 Å². The van der Waals surface area contributed by atoms with E-state index in [9.17, 15) is 19.7 Å². The van der Waals surface area contributed by atoms with Gasteiger partial charge in [0.25, 0.3) is 11.6 Å². The molecule has 186 valence electrons. The number of amides is 2. The number of non-ortho nitro benzene ring substituents is 1. The van der Waals surface area contributed by atoms with Crippen LogP contribution in [0.5, 0.6) is 0 Å². The first-order valence-corrected chi connectivity index (χ1v) is 11.9. The molecule has 2 amide bonds. The Kier molecular flexibility index (Phi) is 6.23. The minimum Gasteiger partial charge on any atom is -0.354 e. The number of piperazine rings is 1. The van der Waals surface area contributed by atoms with Gasteiger partial charge in [-0.2, -0.15) is 5.26 Å². The van der Waals surface area contributed by atoms with E-state index in [1.165, 1.54) is 35.4 Å². The summed E-state index contributed by atoms with van der Waals surface area (Å²) in [5.41, 5.74) is 0.410. The van der Waals surface area contributed by atoms with E-state index >= 15 is 0 Å². The molecule has 2 saturated heterocycles. The fraction of sp³-hybridized carbons (Fsp3) is 0.231. The summed E-state index contributed by atoms with van der Waals surface area (Å²) in [6.45, 7) is 0.738. The van der Waals surface area contributed by atoms with Gasteiger partial charge in [-0.15, -0.1) is 0 Å². The molecule has 5 rings (SSSR count). The molecule has 11 heteroatoms. The van der Waals surface area contributed by atoms with Crippen molar-refractivity contribution in [1.82, 2.24) is 9.88 Å². The van der Waals surface area contributed by atoms with Gasteiger partial charge in [0, 0.05) is 42.1 Å². The van der Waals surface area contributed by atoms with E-state index in [0.717, 1.165) is 5.56 Å². The Morgan fingerprint density at radius 1 is 1.08 bits per heavy atom. The second-order valence-electron chi connectivity index (χ2n) is 8.99. The standard InChI is InChI=1S/C26H21ClN6O4/c27-20-4-1-18(2-5-20)15-32-24(34)16-31(21-6-8-22(9-7-21)33(36)37)25(35)26(32)11-12-30(17-26)23-10-3-19(13-28)14-29-23/h1-10,14H,11-12,15-17H2. The second-order valence-corrected chi connectivity index (χ2v) is 9.43. The van der Waals surface area contributed by atoms with Crippen LogP contribution in [0.1, 0.15) is 17.5 Å². The third-order valence-electron chi connectivity index (χ3n) is 6.83. The van der Waals surface area contributed by atoms with Crippen LogP contribution in [-0.2, 0) is 16.1 Å². The third-order valence-corrected chi connectivity index (χ3v) is 7.08. The maximum absolute atomic E-state index is 14.1. The summed E-state index contributed by atoms with van der Waals surface area (Å²) in [6.07, 6.45) is 1.85. The van der Waals surface area contributed by atoms with Crippen molar-refractivity contribution in [2.75, 3.05) is 29.4 Å². The first-order valence-electron chi connectivity index (χ1n) is 11.5. The molecule has 1 unspecified atom stereocenters. The van der Waals surface area contributed by atoms with Gasteiger partial charge in [-0.25, -0.2) is 4.98 Å². The van der Waals surface area contributed by atoms with Gasteiger partial charge in [-0.05, 0) is 48.4 Å². The molecule has 2 aromatic carbocycles. The molecule has 0 radical (unpaired) electrons. The number of nitro benzene ring substituents is 1. The van der Waals surface area contributed by atoms with Crippen LogP contribution < -0.4 is 9.80 Å². The number of carbonyl (C=O) groups excluding carboxylic acids is 2. The summed E-state index contributed by atoms with van der Waals surface area (Å²) in [7, 11) is 0. The molecule has 1 aromatic heterocycles. The van der Waals surface area contributed by atoms with Gasteiger partial charge in [0.1, 0.15) is 24.0 Å². The molecule has 37 heavy (non-hydrogen) atoms. The average molecular weight is 517 g/mol. The Hall–Kier alpha value is -4.49. The van der Waals surface area contributed by atoms with Crippen molar-refractivity contribution in [3.05, 3.63) is 93.1 Å². The number of aromatic nitrogens is 1. The molecule has 0 aliphatic carbocycles. The minimum atomic E-state index is -1.17. The third kappa shape index (κ3) is 4.45. The predicted molar refractivity (Wildman–Crippen MR) is 136 cm³/mol. The van der Waals surface area contributed by atoms with Crippen LogP contribution in [0.15, 0.2) is 66.9 Å². The van der Waals surface area contributed by atoms with E-state index in [1.54, 1.807) is 29.2 Å². The fourth-order valence-electron chi connectivity index (χ4n) is 4.90. The van der Waals surface area contributed by atoms with Gasteiger partial charge >= 0.3 is 0 Å². The van der Waals surface area contributed by atoms with Crippen molar-refractivity contribution in [2.24, 2.45) is 0 Å². The number of pyridine rings is 1. The van der Waals surface area contributed by atoms with Crippen LogP contribution in [0.2, 0.25) is 5.02 Å². The van der Waals surface area contributed by atoms with Crippen molar-refractivity contribution in [3.8, 4) is 6.07 Å². The summed E-state index contributed by atoms with van der Waals surface area (Å²) in [4.78, 5) is 47.6. The molecule has 1 spiro atoms. The van der Waals surface area contributed by atoms with Crippen molar-refractivity contribution in [1.29, 1.82) is 5.26 Å². The Morgan fingerprint density at radius 3 is 2.43 bits per heavy atom. The number of nitriles is 1. The maximum Gasteiger partial charge on any atom is 0.269 e. The van der Waals surface area contributed by atoms with E-state index in [-0.39, 0.29) is 37.1 Å². The number of nitrogens with zero attached hydrogens (tertiary/aromatic N) is 6. The Balaban J connectivity index is 1.51. The van der Waals surface area contributed by atoms with Crippen molar-refractivity contribution in [3.63, 3.8) is 0 Å². The molecule has 0 bridgehead atoms. The lowest BCUT2D eigenvalue weighted by molar-refractivity contribution is -0.384. The zero-order chi connectivity index (χ0) is 26.2. The lowest BCUT2D eigenvalue weighted by Gasteiger charge is -2.47. The monoisotopic (exact) mass is 516 g/mol. The number of hydrogen-bond donors (Lipinski definition) is 0. The lowest BCUT2D eigenvalue weighted by Crippen LogP contribution is -2.69. The molecule has 3 aromatic rings. The molecular formula is C26H21ClN6O4. The number of carbonyl (C=O) groups is 2. The van der Waals surface area contributed by atoms with Crippen LogP contribution in [0, 0.1) is 21.4 Å². The highest BCUT2D eigenvalue weighted by atomic mass is 35.5. The molecule has 0 saturated carbocycles. The van der Waals surface area contributed by atoms with Gasteiger partial charge in [-0.3, -0.25) is 19.7 Å². The van der Waals surface area contributed by atoms with Gasteiger partial charge in [0.05, 0.1) is 17.0 Å². The Morgan fingerprint density at radius 2 is 1.81 bits per heavy atom. The second kappa shape index (κ2) is 9.52. The van der Waals surface area contributed by atoms with Gasteiger partial charge < -0.3 is 14.7 Å². The van der Waals surface area contributed by atoms with E-state index < -0.39 is 10.5 Å². The van der Waals surface area contributed by atoms with E-state index in [0.29, 0.717) is 35.1 Å². The quantitative estimate of drug-likeness (QED) is 0.375. The van der Waals surface area contributed by atoms with Crippen molar-refractivity contribution >= 4 is 40.6 Å². The molecule has 0 N–H and O–H groups in total. The highest BCUT2D eigenvalue weighted by Crippen LogP contribution is 2.38. The van der Waals surface area contributed by atoms with Crippen LogP contribution in [0.4, 0.5) is 17.2 Å². The van der Waals surface area contributed by atoms with Gasteiger partial charge in [-0.1, -0.05) is 23.7 Å². The molecule has 3 heterocycles. The highest BCUT2D eigenvalue weighted by molar-refractivity contribution is 6.30. The SMILES string of the molecule is N#Cc1ccc(N2CCC3(C2)C(=O)N(c2ccc([N+](=O)[O-])cc2)CC(=O)N3Cc2ccc(Cl)cc2)nc1. The van der Waals surface area contributed by atoms with Gasteiger partial charge in [0.15, 0.2) is 0 Å². The number of anilines is 2. The summed E-state index contributed by atoms with van der Waals surface area (Å²) >= 11 is 6.04. The molecule has 2 aliphatic rings. The molecule has 10 nitrogen and oxygen atoms in total. The summed E-state index contributed by atoms with van der Waals surface area (Å²) in [5.74, 6) is 0.114. The lowest BCUT2D eigenvalue weighted by atomic mass is 9.90. The van der Waals surface area contributed by atoms with Crippen molar-refractivity contribution < 1.29 is 14.5 Å². The van der Waals surface area contributed by atoms with E-state index in [2.05, 4.69) is 4.98 Å². The number of rotatable bonds is 5. The first kappa shape index (κ1) is 24.2. The summed E-state index contributed by atoms with van der Waals surface area (Å²) in [5, 5.41) is 20.7. The van der Waals surface area contributed by atoms with Gasteiger partial charge in [0.2, 0.25) is 5.91 Å². The fourth-order valence-corrected chi connectivity index (χ4v) is 5.02. The van der Waals surface area contributed by atoms with E-state index in [4.69, 9.17) is 16.9 Å². The Labute approximate surface area is 217 Å². The maximum atomic E-state index is 14.1. The molecule has 1 atom stereocenters. The smallest absolute Gasteiger partial charge is 0.269 e. The summed E-state index contributed by atoms with van der Waals surface area (Å²) < 4.78 is 0. The van der Waals surface area contributed by atoms with Crippen molar-refractivity contribution in [2.45, 2.75) is 18.5 Å². The van der Waals surface area contributed by atoms with Crippen LogP contribution in [0.3, 0.4) is 0 Å². The predicted octanol–water partition coefficient (Wildman–Crippen LogP) is 3.54. The van der Waals surface area contributed by atoms with Crippen LogP contribution >= 0.6 is 11.6 Å². The average Bonchev–Trinajstić information content (AvgIpc) is 3.36. The van der Waals surface area contributed by atoms with Crippen LogP contribution in [0.25, 0.3) is 0 Å². The first-order chi connectivity index (χ1) is 17.8. The number of nitro groups is 1. The molecule has 2 aliphatic heterocycles. The summed E-state index contributed by atoms with van der Waals surface area (Å²) in [6, 6.07) is 18.2. The number of hydrogen-bond acceptors (Lipinski definition) is 7. The highest BCUT2D eigenvalue weighted by Gasteiger charge is 2.56. The number of benzene rings is 2. The largest absolute Gasteiger partial charge is 0.354 e. The zero-order valence-corrected chi connectivity index (χ0v) is 20.3. The zero-order valence-electron chi connectivity index (χ0n) is 19.6. The normalized spacial score (nSPS) is 19.4. The van der Waals surface area contributed by atoms with E-state index in [1.807, 2.05) is 23.1 Å². The molecular weight excluding hydrogens is 496 g/mol. The minimum absolute atomic E-state index is 0.0995. The number of halogens is 1. The Bertz CT molecular complexity index is 1400. The van der Waals surface area contributed by atoms with Crippen LogP contribution in [-0.4, -0.2) is 51.8 Å². The molecule has 2 fully saturated rings.